The molecule has 0 aliphatic heterocycles. The van der Waals surface area contributed by atoms with Crippen molar-refractivity contribution in [1.29, 1.82) is 0 Å². The second kappa shape index (κ2) is 8.57. The van der Waals surface area contributed by atoms with E-state index < -0.39 is 0 Å². The van der Waals surface area contributed by atoms with Crippen molar-refractivity contribution in [2.75, 3.05) is 6.54 Å². The predicted octanol–water partition coefficient (Wildman–Crippen LogP) is 3.25. The molecule has 0 fully saturated rings. The minimum Gasteiger partial charge on any atom is -0.444 e. The number of nitrogens with two attached hydrogens (primary N) is 1. The second-order valence-electron chi connectivity index (χ2n) is 5.02. The molecule has 22 heavy (non-hydrogen) atoms. The molecule has 0 aliphatic rings. The highest BCUT2D eigenvalue weighted by Gasteiger charge is 2.06. The predicted molar refractivity (Wildman–Crippen MR) is 100 cm³/mol. The van der Waals surface area contributed by atoms with Crippen LogP contribution < -0.4 is 11.1 Å². The van der Waals surface area contributed by atoms with E-state index in [2.05, 4.69) is 21.9 Å². The number of benzene rings is 1. The monoisotopic (exact) mass is 412 g/mol. The molecule has 0 atom stereocenters. The summed E-state index contributed by atoms with van der Waals surface area (Å²) in [6.45, 7) is 8.75. The van der Waals surface area contributed by atoms with Crippen molar-refractivity contribution in [3.05, 3.63) is 53.9 Å². The molecular formula is C16H21IN4O. The largest absolute Gasteiger partial charge is 0.444 e. The fourth-order valence-corrected chi connectivity index (χ4v) is 1.67. The van der Waals surface area contributed by atoms with Gasteiger partial charge in [-0.05, 0) is 26.0 Å². The smallest absolute Gasteiger partial charge is 0.226 e. The molecule has 1 aromatic heterocycles. The molecule has 0 bridgehead atoms. The summed E-state index contributed by atoms with van der Waals surface area (Å²) < 4.78 is 5.47. The van der Waals surface area contributed by atoms with E-state index >= 15 is 0 Å². The van der Waals surface area contributed by atoms with Gasteiger partial charge < -0.3 is 15.5 Å². The SMILES string of the molecule is C=C(C)CNC(N)=NCc1coc(-c2ccc(C)cc2)n1.I. The lowest BCUT2D eigenvalue weighted by Crippen LogP contribution is -2.32. The fraction of sp³-hybridized carbons (Fsp3) is 0.250. The van der Waals surface area contributed by atoms with Gasteiger partial charge in [-0.2, -0.15) is 0 Å². The lowest BCUT2D eigenvalue weighted by molar-refractivity contribution is 0.572. The third kappa shape index (κ3) is 5.51. The van der Waals surface area contributed by atoms with Gasteiger partial charge in [0.1, 0.15) is 12.0 Å². The van der Waals surface area contributed by atoms with Crippen LogP contribution in [0.5, 0.6) is 0 Å². The van der Waals surface area contributed by atoms with Gasteiger partial charge in [0.15, 0.2) is 5.96 Å². The first-order chi connectivity index (χ1) is 10.0. The molecule has 6 heteroatoms. The molecule has 0 aliphatic carbocycles. The van der Waals surface area contributed by atoms with Crippen molar-refractivity contribution in [2.24, 2.45) is 10.7 Å². The van der Waals surface area contributed by atoms with Crippen LogP contribution in [0.4, 0.5) is 0 Å². The van der Waals surface area contributed by atoms with E-state index in [1.165, 1.54) is 5.56 Å². The standard InChI is InChI=1S/C16H20N4O.HI/c1-11(2)8-18-16(17)19-9-14-10-21-15(20-14)13-6-4-12(3)5-7-13;/h4-7,10H,1,8-9H2,2-3H3,(H3,17,18,19);1H. The van der Waals surface area contributed by atoms with Crippen molar-refractivity contribution < 1.29 is 4.42 Å². The van der Waals surface area contributed by atoms with Gasteiger partial charge in [0.05, 0.1) is 6.54 Å². The van der Waals surface area contributed by atoms with Gasteiger partial charge in [0.25, 0.3) is 0 Å². The summed E-state index contributed by atoms with van der Waals surface area (Å²) in [5.74, 6) is 0.964. The van der Waals surface area contributed by atoms with Gasteiger partial charge in [0, 0.05) is 12.1 Å². The Kier molecular flexibility index (Phi) is 7.10. The Balaban J connectivity index is 0.00000242. The second-order valence-corrected chi connectivity index (χ2v) is 5.02. The average Bonchev–Trinajstić information content (AvgIpc) is 2.92. The van der Waals surface area contributed by atoms with Gasteiger partial charge in [-0.1, -0.05) is 29.8 Å². The van der Waals surface area contributed by atoms with E-state index in [-0.39, 0.29) is 24.0 Å². The first kappa shape index (κ1) is 18.2. The highest BCUT2D eigenvalue weighted by Crippen LogP contribution is 2.19. The number of oxazole rings is 1. The van der Waals surface area contributed by atoms with E-state index in [0.717, 1.165) is 16.8 Å². The van der Waals surface area contributed by atoms with E-state index in [4.69, 9.17) is 10.2 Å². The number of nitrogens with zero attached hydrogens (tertiary/aromatic N) is 2. The van der Waals surface area contributed by atoms with E-state index in [1.807, 2.05) is 38.1 Å². The lowest BCUT2D eigenvalue weighted by atomic mass is 10.1. The summed E-state index contributed by atoms with van der Waals surface area (Å²) in [5, 5.41) is 2.97. The Morgan fingerprint density at radius 2 is 2.05 bits per heavy atom. The maximum Gasteiger partial charge on any atom is 0.226 e. The van der Waals surface area contributed by atoms with Crippen LogP contribution in [0.25, 0.3) is 11.5 Å². The topological polar surface area (TPSA) is 76.4 Å². The summed E-state index contributed by atoms with van der Waals surface area (Å²) in [5.41, 5.74) is 9.63. The van der Waals surface area contributed by atoms with Crippen LogP contribution in [-0.2, 0) is 6.54 Å². The summed E-state index contributed by atoms with van der Waals surface area (Å²) in [7, 11) is 0. The van der Waals surface area contributed by atoms with Crippen molar-refractivity contribution in [3.63, 3.8) is 0 Å². The van der Waals surface area contributed by atoms with Gasteiger partial charge in [-0.3, -0.25) is 0 Å². The molecule has 1 aromatic carbocycles. The quantitative estimate of drug-likeness (QED) is 0.342. The van der Waals surface area contributed by atoms with E-state index in [1.54, 1.807) is 6.26 Å². The molecule has 2 aromatic rings. The highest BCUT2D eigenvalue weighted by molar-refractivity contribution is 14.0. The Labute approximate surface area is 147 Å². The summed E-state index contributed by atoms with van der Waals surface area (Å²) in [6, 6.07) is 8.02. The molecule has 2 rings (SSSR count). The number of rotatable bonds is 5. The third-order valence-electron chi connectivity index (χ3n) is 2.83. The average molecular weight is 412 g/mol. The molecule has 0 amide bonds. The molecule has 5 nitrogen and oxygen atoms in total. The van der Waals surface area contributed by atoms with Gasteiger partial charge in [-0.25, -0.2) is 9.98 Å². The molecule has 0 unspecified atom stereocenters. The number of guanidine groups is 1. The van der Waals surface area contributed by atoms with Gasteiger partial charge in [0.2, 0.25) is 5.89 Å². The van der Waals surface area contributed by atoms with Crippen molar-refractivity contribution in [2.45, 2.75) is 20.4 Å². The zero-order valence-corrected chi connectivity index (χ0v) is 15.1. The normalized spacial score (nSPS) is 10.9. The first-order valence-corrected chi connectivity index (χ1v) is 6.74. The summed E-state index contributed by atoms with van der Waals surface area (Å²) >= 11 is 0. The maximum atomic E-state index is 5.74. The number of aromatic nitrogens is 1. The number of aryl methyl sites for hydroxylation is 1. The van der Waals surface area contributed by atoms with Crippen LogP contribution in [0.2, 0.25) is 0 Å². The number of hydrogen-bond donors (Lipinski definition) is 2. The Bertz CT molecular complexity index is 646. The minimum absolute atomic E-state index is 0. The zero-order chi connectivity index (χ0) is 15.2. The summed E-state index contributed by atoms with van der Waals surface area (Å²) in [6.07, 6.45) is 1.60. The zero-order valence-electron chi connectivity index (χ0n) is 12.8. The van der Waals surface area contributed by atoms with Crippen LogP contribution in [0, 0.1) is 6.92 Å². The first-order valence-electron chi connectivity index (χ1n) is 6.74. The van der Waals surface area contributed by atoms with Crippen LogP contribution >= 0.6 is 24.0 Å². The van der Waals surface area contributed by atoms with Crippen LogP contribution in [0.3, 0.4) is 0 Å². The molecular weight excluding hydrogens is 391 g/mol. The van der Waals surface area contributed by atoms with E-state index in [9.17, 15) is 0 Å². The van der Waals surface area contributed by atoms with Crippen LogP contribution in [-0.4, -0.2) is 17.5 Å². The van der Waals surface area contributed by atoms with Crippen molar-refractivity contribution >= 4 is 29.9 Å². The fourth-order valence-electron chi connectivity index (χ4n) is 1.67. The molecule has 0 saturated heterocycles. The summed E-state index contributed by atoms with van der Waals surface area (Å²) in [4.78, 5) is 8.61. The van der Waals surface area contributed by atoms with Gasteiger partial charge >= 0.3 is 0 Å². The number of nitrogens with one attached hydrogen (secondary N) is 1. The van der Waals surface area contributed by atoms with Gasteiger partial charge in [-0.15, -0.1) is 24.0 Å². The number of halogens is 1. The van der Waals surface area contributed by atoms with Crippen molar-refractivity contribution in [1.82, 2.24) is 10.3 Å². The number of aliphatic imine (C=N–C) groups is 1. The molecule has 118 valence electrons. The Morgan fingerprint density at radius 1 is 1.36 bits per heavy atom. The van der Waals surface area contributed by atoms with Crippen LogP contribution in [0.1, 0.15) is 18.2 Å². The van der Waals surface area contributed by atoms with Crippen LogP contribution in [0.15, 0.2) is 52.1 Å². The molecule has 0 spiro atoms. The maximum absolute atomic E-state index is 5.74. The molecule has 1 heterocycles. The molecule has 0 saturated carbocycles. The Morgan fingerprint density at radius 3 is 2.68 bits per heavy atom. The molecule has 0 radical (unpaired) electrons. The minimum atomic E-state index is 0. The van der Waals surface area contributed by atoms with Crippen molar-refractivity contribution in [3.8, 4) is 11.5 Å². The highest BCUT2D eigenvalue weighted by atomic mass is 127. The lowest BCUT2D eigenvalue weighted by Gasteiger charge is -2.03. The Hall–Kier alpha value is -1.83. The number of hydrogen-bond acceptors (Lipinski definition) is 3. The third-order valence-corrected chi connectivity index (χ3v) is 2.83. The molecule has 3 N–H and O–H groups in total. The van der Waals surface area contributed by atoms with E-state index in [0.29, 0.717) is 24.9 Å².